The van der Waals surface area contributed by atoms with E-state index in [-0.39, 0.29) is 5.69 Å². The van der Waals surface area contributed by atoms with Gasteiger partial charge >= 0.3 is 0 Å². The summed E-state index contributed by atoms with van der Waals surface area (Å²) in [4.78, 5) is 12.6. The topological polar surface area (TPSA) is 99.4 Å². The third-order valence-electron chi connectivity index (χ3n) is 4.52. The number of thioether (sulfide) groups is 1. The molecular weight excluding hydrogens is 448 g/mol. The lowest BCUT2D eigenvalue weighted by Gasteiger charge is -2.07. The van der Waals surface area contributed by atoms with Crippen molar-refractivity contribution in [2.75, 3.05) is 19.5 Å². The number of methoxy groups -OCH3 is 2. The summed E-state index contributed by atoms with van der Waals surface area (Å²) >= 11 is 2.88. The molecule has 2 aromatic heterocycles. The van der Waals surface area contributed by atoms with E-state index < -0.39 is 5.91 Å². The van der Waals surface area contributed by atoms with E-state index >= 15 is 0 Å². The Morgan fingerprint density at radius 1 is 1.06 bits per heavy atom. The zero-order valence-corrected chi connectivity index (χ0v) is 19.3. The number of aryl methyl sites for hydroxylation is 1. The monoisotopic (exact) mass is 468 g/mol. The first-order valence-electron chi connectivity index (χ1n) is 9.58. The number of nitrogens with zero attached hydrogens (tertiary/aromatic N) is 3. The first kappa shape index (κ1) is 21.8. The van der Waals surface area contributed by atoms with Crippen LogP contribution in [0, 0.1) is 6.92 Å². The van der Waals surface area contributed by atoms with Crippen molar-refractivity contribution < 1.29 is 18.8 Å². The fraction of sp³-hybridized carbons (Fsp3) is 0.182. The van der Waals surface area contributed by atoms with Crippen molar-refractivity contribution in [3.63, 3.8) is 0 Å². The van der Waals surface area contributed by atoms with E-state index in [1.54, 1.807) is 50.2 Å². The molecule has 0 radical (unpaired) electrons. The minimum atomic E-state index is -0.424. The van der Waals surface area contributed by atoms with Gasteiger partial charge in [-0.3, -0.25) is 10.1 Å². The molecule has 2 heterocycles. The molecule has 1 N–H and O–H groups in total. The number of carbonyl (C=O) groups excluding carboxylic acids is 1. The number of aromatic nitrogens is 3. The Kier molecular flexibility index (Phi) is 6.72. The number of ether oxygens (including phenoxy) is 2. The van der Waals surface area contributed by atoms with Gasteiger partial charge in [-0.2, -0.15) is 0 Å². The molecule has 0 spiro atoms. The van der Waals surface area contributed by atoms with Crippen LogP contribution < -0.4 is 14.8 Å². The summed E-state index contributed by atoms with van der Waals surface area (Å²) in [6.45, 7) is 2.06. The van der Waals surface area contributed by atoms with Crippen molar-refractivity contribution >= 4 is 34.1 Å². The summed E-state index contributed by atoms with van der Waals surface area (Å²) in [5.41, 5.74) is 3.27. The minimum Gasteiger partial charge on any atom is -0.493 e. The molecule has 0 saturated carbocycles. The number of hydrogen-bond acceptors (Lipinski definition) is 9. The van der Waals surface area contributed by atoms with E-state index in [1.807, 2.05) is 0 Å². The molecule has 164 valence electrons. The van der Waals surface area contributed by atoms with E-state index in [4.69, 9.17) is 14.0 Å². The maximum atomic E-state index is 12.6. The summed E-state index contributed by atoms with van der Waals surface area (Å²) in [6, 6.07) is 15.2. The highest BCUT2D eigenvalue weighted by molar-refractivity contribution is 8.00. The van der Waals surface area contributed by atoms with Crippen LogP contribution in [0.15, 0.2) is 57.4 Å². The van der Waals surface area contributed by atoms with Crippen LogP contribution in [0.4, 0.5) is 5.13 Å². The van der Waals surface area contributed by atoms with Gasteiger partial charge in [0.05, 0.1) is 14.2 Å². The molecule has 0 unspecified atom stereocenters. The van der Waals surface area contributed by atoms with Gasteiger partial charge in [-0.05, 0) is 30.7 Å². The lowest BCUT2D eigenvalue weighted by Crippen LogP contribution is -2.11. The van der Waals surface area contributed by atoms with Gasteiger partial charge in [0.2, 0.25) is 5.13 Å². The Morgan fingerprint density at radius 2 is 1.84 bits per heavy atom. The van der Waals surface area contributed by atoms with Crippen molar-refractivity contribution in [2.24, 2.45) is 0 Å². The fourth-order valence-electron chi connectivity index (χ4n) is 2.82. The van der Waals surface area contributed by atoms with Crippen molar-refractivity contribution in [2.45, 2.75) is 17.0 Å². The summed E-state index contributed by atoms with van der Waals surface area (Å²) in [5, 5.41) is 15.2. The molecule has 4 aromatic rings. The molecule has 10 heteroatoms. The van der Waals surface area contributed by atoms with Crippen LogP contribution in [0.3, 0.4) is 0 Å². The van der Waals surface area contributed by atoms with E-state index in [9.17, 15) is 4.79 Å². The summed E-state index contributed by atoms with van der Waals surface area (Å²) in [6.07, 6.45) is 0. The third-order valence-corrected chi connectivity index (χ3v) is 6.56. The first-order valence-corrected chi connectivity index (χ1v) is 11.4. The second kappa shape index (κ2) is 9.84. The Balaban J connectivity index is 1.39. The third kappa shape index (κ3) is 5.09. The normalized spacial score (nSPS) is 10.7. The van der Waals surface area contributed by atoms with E-state index in [0.717, 1.165) is 10.1 Å². The molecule has 0 atom stereocenters. The number of rotatable bonds is 8. The SMILES string of the molecule is COc1ccc(-c2cc(C(=O)Nc3nnc(SCc4ccc(C)cc4)s3)no2)cc1OC. The average Bonchev–Trinajstić information content (AvgIpc) is 3.48. The summed E-state index contributed by atoms with van der Waals surface area (Å²) < 4.78 is 16.7. The van der Waals surface area contributed by atoms with Gasteiger partial charge in [0.25, 0.3) is 5.91 Å². The summed E-state index contributed by atoms with van der Waals surface area (Å²) in [7, 11) is 3.12. The molecule has 0 aliphatic heterocycles. The van der Waals surface area contributed by atoms with E-state index in [1.165, 1.54) is 22.5 Å². The van der Waals surface area contributed by atoms with Crippen LogP contribution in [0.25, 0.3) is 11.3 Å². The Bertz CT molecular complexity index is 1220. The molecule has 4 rings (SSSR count). The molecule has 0 saturated heterocycles. The summed E-state index contributed by atoms with van der Waals surface area (Å²) in [5.74, 6) is 1.94. The smallest absolute Gasteiger partial charge is 0.279 e. The van der Waals surface area contributed by atoms with Gasteiger partial charge in [-0.15, -0.1) is 10.2 Å². The predicted molar refractivity (Wildman–Crippen MR) is 124 cm³/mol. The second-order valence-electron chi connectivity index (χ2n) is 6.75. The number of benzene rings is 2. The maximum Gasteiger partial charge on any atom is 0.279 e. The lowest BCUT2D eigenvalue weighted by atomic mass is 10.1. The first-order chi connectivity index (χ1) is 15.6. The van der Waals surface area contributed by atoms with Crippen LogP contribution in [-0.4, -0.2) is 35.5 Å². The van der Waals surface area contributed by atoms with Crippen molar-refractivity contribution in [3.05, 3.63) is 65.4 Å². The Labute approximate surface area is 193 Å². The largest absolute Gasteiger partial charge is 0.493 e. The van der Waals surface area contributed by atoms with Crippen LogP contribution in [0.2, 0.25) is 0 Å². The van der Waals surface area contributed by atoms with Crippen molar-refractivity contribution in [1.82, 2.24) is 15.4 Å². The molecule has 0 aliphatic rings. The highest BCUT2D eigenvalue weighted by Crippen LogP contribution is 2.33. The molecule has 0 aliphatic carbocycles. The minimum absolute atomic E-state index is 0.138. The predicted octanol–water partition coefficient (Wildman–Crippen LogP) is 5.06. The Morgan fingerprint density at radius 3 is 2.59 bits per heavy atom. The molecular formula is C22H20N4O4S2. The van der Waals surface area contributed by atoms with Gasteiger partial charge in [0.1, 0.15) is 0 Å². The highest BCUT2D eigenvalue weighted by Gasteiger charge is 2.17. The Hall–Kier alpha value is -3.37. The van der Waals surface area contributed by atoms with Crippen LogP contribution >= 0.6 is 23.1 Å². The van der Waals surface area contributed by atoms with Gasteiger partial charge in [0.15, 0.2) is 27.3 Å². The van der Waals surface area contributed by atoms with Crippen molar-refractivity contribution in [3.8, 4) is 22.8 Å². The number of amides is 1. The second-order valence-corrected chi connectivity index (χ2v) is 8.95. The molecule has 8 nitrogen and oxygen atoms in total. The van der Waals surface area contributed by atoms with E-state index in [2.05, 4.69) is 51.9 Å². The number of anilines is 1. The maximum absolute atomic E-state index is 12.6. The standard InChI is InChI=1S/C22H20N4O4S2/c1-13-4-6-14(7-5-13)12-31-22-25-24-21(32-22)23-20(27)16-11-18(30-26-16)15-8-9-17(28-2)19(10-15)29-3/h4-11H,12H2,1-3H3,(H,23,24,27). The quantitative estimate of drug-likeness (QED) is 0.283. The van der Waals surface area contributed by atoms with Gasteiger partial charge in [-0.25, -0.2) is 0 Å². The number of nitrogens with one attached hydrogen (secondary N) is 1. The lowest BCUT2D eigenvalue weighted by molar-refractivity contribution is 0.101. The average molecular weight is 469 g/mol. The molecule has 2 aromatic carbocycles. The molecule has 0 fully saturated rings. The van der Waals surface area contributed by atoms with Crippen LogP contribution in [-0.2, 0) is 5.75 Å². The highest BCUT2D eigenvalue weighted by atomic mass is 32.2. The number of carbonyl (C=O) groups is 1. The molecule has 1 amide bonds. The van der Waals surface area contributed by atoms with Crippen LogP contribution in [0.1, 0.15) is 21.6 Å². The van der Waals surface area contributed by atoms with Crippen LogP contribution in [0.5, 0.6) is 11.5 Å². The van der Waals surface area contributed by atoms with Crippen molar-refractivity contribution in [1.29, 1.82) is 0 Å². The number of hydrogen-bond donors (Lipinski definition) is 1. The van der Waals surface area contributed by atoms with Gasteiger partial charge < -0.3 is 14.0 Å². The fourth-order valence-corrected chi connectivity index (χ4v) is 4.52. The zero-order chi connectivity index (χ0) is 22.5. The van der Waals surface area contributed by atoms with E-state index in [0.29, 0.717) is 28.0 Å². The van der Waals surface area contributed by atoms with Gasteiger partial charge in [0, 0.05) is 17.4 Å². The van der Waals surface area contributed by atoms with Gasteiger partial charge in [-0.1, -0.05) is 58.1 Å². The molecule has 32 heavy (non-hydrogen) atoms. The molecule has 0 bridgehead atoms. The zero-order valence-electron chi connectivity index (χ0n) is 17.6.